The van der Waals surface area contributed by atoms with Gasteiger partial charge in [0.1, 0.15) is 0 Å². The summed E-state index contributed by atoms with van der Waals surface area (Å²) in [5.41, 5.74) is 9.82. The van der Waals surface area contributed by atoms with Crippen LogP contribution in [0.2, 0.25) is 5.02 Å². The molecule has 0 unspecified atom stereocenters. The van der Waals surface area contributed by atoms with Crippen molar-refractivity contribution >= 4 is 34.7 Å². The Morgan fingerprint density at radius 1 is 1.13 bits per heavy atom. The Morgan fingerprint density at radius 3 is 2.39 bits per heavy atom. The van der Waals surface area contributed by atoms with Gasteiger partial charge in [-0.15, -0.1) is 0 Å². The lowest BCUT2D eigenvalue weighted by Crippen LogP contribution is -2.39. The Labute approximate surface area is 138 Å². The number of benzene rings is 2. The first-order valence-corrected chi connectivity index (χ1v) is 7.25. The first kappa shape index (κ1) is 16.6. The molecule has 2 aromatic rings. The van der Waals surface area contributed by atoms with E-state index in [-0.39, 0.29) is 6.54 Å². The van der Waals surface area contributed by atoms with Crippen molar-refractivity contribution in [3.63, 3.8) is 0 Å². The smallest absolute Gasteiger partial charge is 0.360 e. The predicted octanol–water partition coefficient (Wildman–Crippen LogP) is 3.13. The molecule has 5 nitrogen and oxygen atoms in total. The van der Waals surface area contributed by atoms with Crippen LogP contribution < -0.4 is 4.90 Å². The molecule has 0 atom stereocenters. The molecule has 0 heterocycles. The third-order valence-corrected chi connectivity index (χ3v) is 3.42. The zero-order valence-corrected chi connectivity index (χ0v) is 13.2. The van der Waals surface area contributed by atoms with Crippen LogP contribution in [-0.2, 0) is 16.1 Å². The van der Waals surface area contributed by atoms with Crippen LogP contribution in [0.15, 0.2) is 54.6 Å². The number of hydrogen-bond acceptors (Lipinski definition) is 2. The van der Waals surface area contributed by atoms with Gasteiger partial charge in [-0.25, -0.2) is 0 Å². The second-order valence-corrected chi connectivity index (χ2v) is 5.30. The molecule has 0 bridgehead atoms. The Bertz CT molecular complexity index is 783. The lowest BCUT2D eigenvalue weighted by molar-refractivity contribution is -0.123. The van der Waals surface area contributed by atoms with E-state index in [0.717, 1.165) is 5.56 Å². The van der Waals surface area contributed by atoms with Gasteiger partial charge in [-0.3, -0.25) is 14.5 Å². The summed E-state index contributed by atoms with van der Waals surface area (Å²) in [6.07, 6.45) is 0. The molecular weight excluding hydrogens is 314 g/mol. The van der Waals surface area contributed by atoms with E-state index in [4.69, 9.17) is 17.1 Å². The fourth-order valence-electron chi connectivity index (χ4n) is 2.08. The van der Waals surface area contributed by atoms with Crippen LogP contribution in [0, 0.1) is 0 Å². The standard InChI is InChI=1S/C17H14ClN3O2/c1-12(22)16(20-19)17(23)21(11-13-6-3-2-4-7-13)15-9-5-8-14(18)10-15/h2-10H,11H2,1H3. The molecule has 0 radical (unpaired) electrons. The van der Waals surface area contributed by atoms with Crippen LogP contribution in [-0.4, -0.2) is 22.2 Å². The highest BCUT2D eigenvalue weighted by Crippen LogP contribution is 2.22. The Balaban J connectivity index is 2.45. The lowest BCUT2D eigenvalue weighted by Gasteiger charge is -2.21. The highest BCUT2D eigenvalue weighted by atomic mass is 35.5. The average Bonchev–Trinajstić information content (AvgIpc) is 2.53. The maximum atomic E-state index is 12.6. The normalized spacial score (nSPS) is 9.83. The molecule has 2 aromatic carbocycles. The first-order chi connectivity index (χ1) is 11.0. The van der Waals surface area contributed by atoms with Crippen LogP contribution in [0.4, 0.5) is 5.69 Å². The van der Waals surface area contributed by atoms with Crippen LogP contribution in [0.5, 0.6) is 0 Å². The molecule has 0 saturated carbocycles. The molecule has 0 aromatic heterocycles. The number of hydrogen-bond donors (Lipinski definition) is 0. The number of halogens is 1. The maximum Gasteiger partial charge on any atom is 0.421 e. The Morgan fingerprint density at radius 2 is 1.83 bits per heavy atom. The summed E-state index contributed by atoms with van der Waals surface area (Å²) in [6, 6.07) is 16.0. The highest BCUT2D eigenvalue weighted by molar-refractivity contribution is 6.65. The summed E-state index contributed by atoms with van der Waals surface area (Å²) in [5.74, 6) is -1.30. The van der Waals surface area contributed by atoms with Gasteiger partial charge in [-0.2, -0.15) is 4.79 Å². The number of rotatable bonds is 5. The molecule has 0 aliphatic rings. The third kappa shape index (κ3) is 4.13. The van der Waals surface area contributed by atoms with E-state index in [9.17, 15) is 9.59 Å². The fourth-order valence-corrected chi connectivity index (χ4v) is 2.27. The molecule has 0 fully saturated rings. The van der Waals surface area contributed by atoms with Crippen molar-refractivity contribution in [3.05, 3.63) is 70.7 Å². The van der Waals surface area contributed by atoms with Crippen molar-refractivity contribution in [3.8, 4) is 0 Å². The quantitative estimate of drug-likeness (QED) is 0.366. The van der Waals surface area contributed by atoms with Gasteiger partial charge >= 0.3 is 11.6 Å². The first-order valence-electron chi connectivity index (χ1n) is 6.87. The van der Waals surface area contributed by atoms with E-state index in [1.165, 1.54) is 11.8 Å². The molecule has 1 amide bonds. The van der Waals surface area contributed by atoms with E-state index < -0.39 is 17.4 Å². The summed E-state index contributed by atoms with van der Waals surface area (Å²) in [6.45, 7) is 1.39. The molecule has 0 saturated heterocycles. The molecular formula is C17H14ClN3O2. The molecule has 0 spiro atoms. The summed E-state index contributed by atoms with van der Waals surface area (Å²) >= 11 is 5.99. The third-order valence-electron chi connectivity index (χ3n) is 3.18. The number of anilines is 1. The van der Waals surface area contributed by atoms with Crippen molar-refractivity contribution in [1.82, 2.24) is 0 Å². The van der Waals surface area contributed by atoms with E-state index in [1.54, 1.807) is 24.3 Å². The molecule has 0 aliphatic heterocycles. The maximum absolute atomic E-state index is 12.6. The van der Waals surface area contributed by atoms with E-state index in [2.05, 4.69) is 4.79 Å². The van der Waals surface area contributed by atoms with Gasteiger partial charge < -0.3 is 5.53 Å². The van der Waals surface area contributed by atoms with Gasteiger partial charge in [-0.1, -0.05) is 48.0 Å². The van der Waals surface area contributed by atoms with E-state index >= 15 is 0 Å². The van der Waals surface area contributed by atoms with Crippen LogP contribution in [0.25, 0.3) is 5.53 Å². The van der Waals surface area contributed by atoms with Crippen LogP contribution >= 0.6 is 11.6 Å². The van der Waals surface area contributed by atoms with Crippen molar-refractivity contribution in [2.24, 2.45) is 0 Å². The number of nitrogens with zero attached hydrogens (tertiary/aromatic N) is 3. The van der Waals surface area contributed by atoms with Crippen LogP contribution in [0.1, 0.15) is 12.5 Å². The molecule has 6 heteroatoms. The average molecular weight is 328 g/mol. The van der Waals surface area contributed by atoms with Gasteiger partial charge in [0.2, 0.25) is 5.78 Å². The van der Waals surface area contributed by atoms with Gasteiger partial charge in [-0.05, 0) is 23.8 Å². The fraction of sp³-hybridized carbons (Fsp3) is 0.118. The van der Waals surface area contributed by atoms with Crippen molar-refractivity contribution in [2.45, 2.75) is 13.5 Å². The molecule has 23 heavy (non-hydrogen) atoms. The van der Waals surface area contributed by atoms with Crippen LogP contribution in [0.3, 0.4) is 0 Å². The van der Waals surface area contributed by atoms with Gasteiger partial charge in [0, 0.05) is 17.6 Å². The van der Waals surface area contributed by atoms with E-state index in [0.29, 0.717) is 10.7 Å². The SMILES string of the molecule is CC(=O)C(=[N+]=[N-])C(=O)N(Cc1ccccc1)c1cccc(Cl)c1. The minimum Gasteiger partial charge on any atom is -0.360 e. The number of amides is 1. The molecule has 116 valence electrons. The number of ketones is 1. The summed E-state index contributed by atoms with van der Waals surface area (Å²) in [7, 11) is 0. The Kier molecular flexibility index (Phi) is 5.41. The van der Waals surface area contributed by atoms with E-state index in [1.807, 2.05) is 30.3 Å². The van der Waals surface area contributed by atoms with Crippen molar-refractivity contribution in [2.75, 3.05) is 4.90 Å². The molecule has 0 N–H and O–H groups in total. The largest absolute Gasteiger partial charge is 0.421 e. The summed E-state index contributed by atoms with van der Waals surface area (Å²) in [4.78, 5) is 28.3. The molecule has 0 aliphatic carbocycles. The zero-order valence-electron chi connectivity index (χ0n) is 12.4. The lowest BCUT2D eigenvalue weighted by atomic mass is 10.1. The zero-order chi connectivity index (χ0) is 16.8. The predicted molar refractivity (Wildman–Crippen MR) is 88.4 cm³/mol. The number of carbonyl (C=O) groups is 2. The number of carbonyl (C=O) groups excluding carboxylic acids is 2. The second kappa shape index (κ2) is 7.49. The second-order valence-electron chi connectivity index (χ2n) is 4.86. The highest BCUT2D eigenvalue weighted by Gasteiger charge is 2.32. The molecule has 2 rings (SSSR count). The monoisotopic (exact) mass is 327 g/mol. The van der Waals surface area contributed by atoms with Crippen molar-refractivity contribution in [1.29, 1.82) is 0 Å². The Hall–Kier alpha value is -2.75. The minimum absolute atomic E-state index is 0.215. The van der Waals surface area contributed by atoms with Gasteiger partial charge in [0.05, 0.1) is 6.54 Å². The van der Waals surface area contributed by atoms with Gasteiger partial charge in [0.15, 0.2) is 0 Å². The minimum atomic E-state index is -0.689. The number of Topliss-reactive ketones (excluding diaryl/α,β-unsaturated/α-hetero) is 1. The van der Waals surface area contributed by atoms with Crippen molar-refractivity contribution < 1.29 is 14.4 Å². The summed E-state index contributed by atoms with van der Waals surface area (Å²) < 4.78 is 0. The topological polar surface area (TPSA) is 73.8 Å². The van der Waals surface area contributed by atoms with Gasteiger partial charge in [0.25, 0.3) is 0 Å². The summed E-state index contributed by atoms with van der Waals surface area (Å²) in [5, 5.41) is 0.457.